The molecule has 2 aliphatic rings. The standard InChI is InChI=1S/C23H35N3O4/c1-23(2,3)30-22(28)26-9-8-18(16-26)14-21(27)24-15-19-6-4-5-7-20(19)17-25-10-12-29-13-11-25/h4-7,18H,8-17H2,1-3H3,(H,24,27). The Balaban J connectivity index is 1.44. The van der Waals surface area contributed by atoms with Gasteiger partial charge < -0.3 is 19.7 Å². The number of likely N-dealkylation sites (tertiary alicyclic amines) is 1. The van der Waals surface area contributed by atoms with Crippen LogP contribution in [0.4, 0.5) is 4.79 Å². The summed E-state index contributed by atoms with van der Waals surface area (Å²) in [6, 6.07) is 8.27. The number of benzene rings is 1. The summed E-state index contributed by atoms with van der Waals surface area (Å²) in [4.78, 5) is 28.8. The number of hydrogen-bond acceptors (Lipinski definition) is 5. The molecule has 2 heterocycles. The first-order chi connectivity index (χ1) is 14.3. The van der Waals surface area contributed by atoms with Gasteiger partial charge in [-0.1, -0.05) is 24.3 Å². The van der Waals surface area contributed by atoms with Gasteiger partial charge in [0.05, 0.1) is 13.2 Å². The number of hydrogen-bond donors (Lipinski definition) is 1. The van der Waals surface area contributed by atoms with Gasteiger partial charge in [-0.15, -0.1) is 0 Å². The molecule has 2 amide bonds. The third-order valence-corrected chi connectivity index (χ3v) is 5.50. The van der Waals surface area contributed by atoms with Crippen LogP contribution in [0.3, 0.4) is 0 Å². The zero-order valence-corrected chi connectivity index (χ0v) is 18.5. The van der Waals surface area contributed by atoms with Crippen LogP contribution in [0.25, 0.3) is 0 Å². The van der Waals surface area contributed by atoms with Gasteiger partial charge in [-0.25, -0.2) is 4.79 Å². The SMILES string of the molecule is CC(C)(C)OC(=O)N1CCC(CC(=O)NCc2ccccc2CN2CCOCC2)C1. The number of rotatable bonds is 6. The maximum Gasteiger partial charge on any atom is 0.410 e. The largest absolute Gasteiger partial charge is 0.444 e. The second-order valence-corrected chi connectivity index (χ2v) is 9.22. The molecule has 0 aromatic heterocycles. The van der Waals surface area contributed by atoms with E-state index in [4.69, 9.17) is 9.47 Å². The zero-order valence-electron chi connectivity index (χ0n) is 18.5. The number of nitrogens with one attached hydrogen (secondary N) is 1. The molecule has 3 rings (SSSR count). The van der Waals surface area contributed by atoms with Crippen LogP contribution >= 0.6 is 0 Å². The summed E-state index contributed by atoms with van der Waals surface area (Å²) in [6.45, 7) is 11.7. The molecular formula is C23H35N3O4. The van der Waals surface area contributed by atoms with Gasteiger partial charge in [0.25, 0.3) is 0 Å². The molecule has 1 N–H and O–H groups in total. The molecule has 166 valence electrons. The molecule has 2 aliphatic heterocycles. The molecule has 1 aromatic rings. The molecule has 7 heteroatoms. The second-order valence-electron chi connectivity index (χ2n) is 9.22. The van der Waals surface area contributed by atoms with Crippen LogP contribution in [0.1, 0.15) is 44.7 Å². The highest BCUT2D eigenvalue weighted by Gasteiger charge is 2.30. The maximum atomic E-state index is 12.5. The number of carbonyl (C=O) groups excluding carboxylic acids is 2. The summed E-state index contributed by atoms with van der Waals surface area (Å²) < 4.78 is 10.9. The average molecular weight is 418 g/mol. The molecule has 0 spiro atoms. The van der Waals surface area contributed by atoms with Crippen LogP contribution in [-0.2, 0) is 27.4 Å². The van der Waals surface area contributed by atoms with Crippen LogP contribution in [0.15, 0.2) is 24.3 Å². The Morgan fingerprint density at radius 2 is 1.83 bits per heavy atom. The Morgan fingerprint density at radius 3 is 2.53 bits per heavy atom. The fraction of sp³-hybridized carbons (Fsp3) is 0.652. The Kier molecular flexibility index (Phi) is 7.72. The monoisotopic (exact) mass is 417 g/mol. The molecule has 2 fully saturated rings. The highest BCUT2D eigenvalue weighted by molar-refractivity contribution is 5.76. The lowest BCUT2D eigenvalue weighted by atomic mass is 10.0. The summed E-state index contributed by atoms with van der Waals surface area (Å²) in [6.07, 6.45) is 0.980. The molecule has 1 aromatic carbocycles. The summed E-state index contributed by atoms with van der Waals surface area (Å²) in [5, 5.41) is 3.07. The van der Waals surface area contributed by atoms with Crippen molar-refractivity contribution in [2.24, 2.45) is 5.92 Å². The lowest BCUT2D eigenvalue weighted by molar-refractivity contribution is -0.122. The minimum Gasteiger partial charge on any atom is -0.444 e. The maximum absolute atomic E-state index is 12.5. The van der Waals surface area contributed by atoms with E-state index in [2.05, 4.69) is 22.3 Å². The molecule has 7 nitrogen and oxygen atoms in total. The molecule has 0 bridgehead atoms. The molecule has 0 aliphatic carbocycles. The third kappa shape index (κ3) is 6.99. The molecular weight excluding hydrogens is 382 g/mol. The van der Waals surface area contributed by atoms with Crippen molar-refractivity contribution in [3.63, 3.8) is 0 Å². The lowest BCUT2D eigenvalue weighted by Crippen LogP contribution is -2.36. The van der Waals surface area contributed by atoms with Crippen molar-refractivity contribution in [3.05, 3.63) is 35.4 Å². The minimum absolute atomic E-state index is 0.0345. The number of amides is 2. The number of nitrogens with zero attached hydrogens (tertiary/aromatic N) is 2. The Hall–Kier alpha value is -2.12. The van der Waals surface area contributed by atoms with Gasteiger partial charge in [-0.05, 0) is 44.2 Å². The van der Waals surface area contributed by atoms with Gasteiger partial charge in [0.15, 0.2) is 0 Å². The molecule has 1 atom stereocenters. The Labute approximate surface area is 179 Å². The highest BCUT2D eigenvalue weighted by Crippen LogP contribution is 2.22. The van der Waals surface area contributed by atoms with E-state index < -0.39 is 5.60 Å². The van der Waals surface area contributed by atoms with E-state index in [0.717, 1.165) is 44.8 Å². The first-order valence-electron chi connectivity index (χ1n) is 10.9. The summed E-state index contributed by atoms with van der Waals surface area (Å²) in [5.74, 6) is 0.216. The van der Waals surface area contributed by atoms with Gasteiger partial charge in [-0.2, -0.15) is 0 Å². The molecule has 2 saturated heterocycles. The van der Waals surface area contributed by atoms with Gasteiger partial charge in [0, 0.05) is 45.7 Å². The van der Waals surface area contributed by atoms with E-state index in [1.165, 1.54) is 5.56 Å². The van der Waals surface area contributed by atoms with E-state index in [1.54, 1.807) is 4.90 Å². The van der Waals surface area contributed by atoms with Crippen molar-refractivity contribution in [3.8, 4) is 0 Å². The van der Waals surface area contributed by atoms with E-state index in [1.807, 2.05) is 32.9 Å². The topological polar surface area (TPSA) is 71.1 Å². The second kappa shape index (κ2) is 10.3. The highest BCUT2D eigenvalue weighted by atomic mass is 16.6. The van der Waals surface area contributed by atoms with Crippen molar-refractivity contribution in [2.75, 3.05) is 39.4 Å². The van der Waals surface area contributed by atoms with E-state index >= 15 is 0 Å². The van der Waals surface area contributed by atoms with Crippen molar-refractivity contribution in [1.29, 1.82) is 0 Å². The minimum atomic E-state index is -0.499. The summed E-state index contributed by atoms with van der Waals surface area (Å²) in [5.41, 5.74) is 1.90. The van der Waals surface area contributed by atoms with E-state index in [0.29, 0.717) is 26.1 Å². The van der Waals surface area contributed by atoms with Gasteiger partial charge in [0.2, 0.25) is 5.91 Å². The quantitative estimate of drug-likeness (QED) is 0.771. The van der Waals surface area contributed by atoms with Gasteiger partial charge in [0.1, 0.15) is 5.60 Å². The lowest BCUT2D eigenvalue weighted by Gasteiger charge is -2.27. The average Bonchev–Trinajstić information content (AvgIpc) is 3.15. The third-order valence-electron chi connectivity index (χ3n) is 5.50. The fourth-order valence-electron chi connectivity index (χ4n) is 3.90. The predicted octanol–water partition coefficient (Wildman–Crippen LogP) is 2.78. The van der Waals surface area contributed by atoms with Crippen molar-refractivity contribution < 1.29 is 19.1 Å². The van der Waals surface area contributed by atoms with Gasteiger partial charge >= 0.3 is 6.09 Å². The van der Waals surface area contributed by atoms with E-state index in [9.17, 15) is 9.59 Å². The first kappa shape index (κ1) is 22.6. The van der Waals surface area contributed by atoms with Crippen molar-refractivity contribution in [2.45, 2.75) is 52.3 Å². The van der Waals surface area contributed by atoms with Crippen molar-refractivity contribution in [1.82, 2.24) is 15.1 Å². The fourth-order valence-corrected chi connectivity index (χ4v) is 3.90. The van der Waals surface area contributed by atoms with Gasteiger partial charge in [-0.3, -0.25) is 9.69 Å². The Bertz CT molecular complexity index is 725. The molecule has 0 saturated carbocycles. The van der Waals surface area contributed by atoms with Crippen LogP contribution in [0.2, 0.25) is 0 Å². The van der Waals surface area contributed by atoms with Crippen LogP contribution in [0, 0.1) is 5.92 Å². The predicted molar refractivity (Wildman–Crippen MR) is 115 cm³/mol. The normalized spacial score (nSPS) is 20.2. The van der Waals surface area contributed by atoms with Crippen LogP contribution in [-0.4, -0.2) is 66.8 Å². The number of ether oxygens (including phenoxy) is 2. The first-order valence-corrected chi connectivity index (χ1v) is 10.9. The number of carbonyl (C=O) groups is 2. The smallest absolute Gasteiger partial charge is 0.410 e. The number of morpholine rings is 1. The Morgan fingerprint density at radius 1 is 1.13 bits per heavy atom. The van der Waals surface area contributed by atoms with Crippen LogP contribution in [0.5, 0.6) is 0 Å². The zero-order chi connectivity index (χ0) is 21.6. The molecule has 30 heavy (non-hydrogen) atoms. The van der Waals surface area contributed by atoms with Crippen molar-refractivity contribution >= 4 is 12.0 Å². The summed E-state index contributed by atoms with van der Waals surface area (Å²) in [7, 11) is 0. The molecule has 0 radical (unpaired) electrons. The van der Waals surface area contributed by atoms with E-state index in [-0.39, 0.29) is 17.9 Å². The van der Waals surface area contributed by atoms with Crippen LogP contribution < -0.4 is 5.32 Å². The molecule has 1 unspecified atom stereocenters. The summed E-state index contributed by atoms with van der Waals surface area (Å²) >= 11 is 0.